The lowest BCUT2D eigenvalue weighted by atomic mass is 10.1. The first-order valence-electron chi connectivity index (χ1n) is 9.13. The van der Waals surface area contributed by atoms with Crippen LogP contribution in [0.4, 0.5) is 0 Å². The van der Waals surface area contributed by atoms with Crippen molar-refractivity contribution < 1.29 is 4.42 Å². The van der Waals surface area contributed by atoms with Crippen LogP contribution in [0.2, 0.25) is 0 Å². The molecule has 1 atom stereocenters. The zero-order valence-corrected chi connectivity index (χ0v) is 15.9. The maximum Gasteiger partial charge on any atom is 0.191 e. The smallest absolute Gasteiger partial charge is 0.191 e. The Balaban J connectivity index is 1.97. The standard InChI is InChI=1S/C18H32N4OS/c1-3-19-18(20-10-8-14-24-2)21-15-16(17-9-7-13-23-17)22-11-5-4-6-12-22/h7,9,13,16H,3-6,8,10-12,14-15H2,1-2H3,(H2,19,20,21). The molecule has 1 unspecified atom stereocenters. The van der Waals surface area contributed by atoms with Crippen LogP contribution in [0.15, 0.2) is 27.8 Å². The van der Waals surface area contributed by atoms with Crippen LogP contribution in [0, 0.1) is 0 Å². The van der Waals surface area contributed by atoms with Crippen molar-refractivity contribution in [2.75, 3.05) is 44.7 Å². The monoisotopic (exact) mass is 352 g/mol. The third-order valence-corrected chi connectivity index (χ3v) is 4.98. The van der Waals surface area contributed by atoms with Gasteiger partial charge in [0.05, 0.1) is 18.8 Å². The van der Waals surface area contributed by atoms with Crippen molar-refractivity contribution in [3.05, 3.63) is 24.2 Å². The summed E-state index contributed by atoms with van der Waals surface area (Å²) in [6.45, 7) is 6.95. The van der Waals surface area contributed by atoms with Crippen LogP contribution in [-0.4, -0.2) is 55.6 Å². The summed E-state index contributed by atoms with van der Waals surface area (Å²) in [4.78, 5) is 7.35. The quantitative estimate of drug-likeness (QED) is 0.406. The molecular formula is C18H32N4OS. The number of guanidine groups is 1. The van der Waals surface area contributed by atoms with Crippen LogP contribution >= 0.6 is 11.8 Å². The summed E-state index contributed by atoms with van der Waals surface area (Å²) in [5.74, 6) is 3.11. The van der Waals surface area contributed by atoms with Gasteiger partial charge in [-0.1, -0.05) is 6.42 Å². The van der Waals surface area contributed by atoms with Crippen molar-refractivity contribution in [2.24, 2.45) is 4.99 Å². The van der Waals surface area contributed by atoms with Crippen molar-refractivity contribution in [1.29, 1.82) is 0 Å². The van der Waals surface area contributed by atoms with Gasteiger partial charge >= 0.3 is 0 Å². The molecule has 0 spiro atoms. The Labute approximate surface area is 150 Å². The summed E-state index contributed by atoms with van der Waals surface area (Å²) in [6.07, 6.45) is 8.94. The maximum atomic E-state index is 5.70. The number of furan rings is 1. The number of thioether (sulfide) groups is 1. The molecule has 1 saturated heterocycles. The fourth-order valence-corrected chi connectivity index (χ4v) is 3.47. The van der Waals surface area contributed by atoms with Crippen molar-refractivity contribution in [1.82, 2.24) is 15.5 Å². The summed E-state index contributed by atoms with van der Waals surface area (Å²) in [7, 11) is 0. The topological polar surface area (TPSA) is 52.8 Å². The average molecular weight is 353 g/mol. The number of likely N-dealkylation sites (tertiary alicyclic amines) is 1. The molecule has 0 radical (unpaired) electrons. The Morgan fingerprint density at radius 3 is 2.83 bits per heavy atom. The van der Waals surface area contributed by atoms with Gasteiger partial charge in [0.15, 0.2) is 5.96 Å². The van der Waals surface area contributed by atoms with Gasteiger partial charge in [-0.2, -0.15) is 11.8 Å². The van der Waals surface area contributed by atoms with E-state index in [2.05, 4.69) is 34.8 Å². The van der Waals surface area contributed by atoms with E-state index in [0.29, 0.717) is 0 Å². The Morgan fingerprint density at radius 1 is 1.33 bits per heavy atom. The SMILES string of the molecule is CCNC(=NCC(c1ccco1)N1CCCCC1)NCCCSC. The molecule has 1 aromatic rings. The number of rotatable bonds is 9. The summed E-state index contributed by atoms with van der Waals surface area (Å²) < 4.78 is 5.70. The van der Waals surface area contributed by atoms with Crippen LogP contribution in [0.3, 0.4) is 0 Å². The molecule has 1 fully saturated rings. The molecule has 2 N–H and O–H groups in total. The van der Waals surface area contributed by atoms with Crippen molar-refractivity contribution in [2.45, 2.75) is 38.6 Å². The Bertz CT molecular complexity index is 458. The average Bonchev–Trinajstić information content (AvgIpc) is 3.14. The number of hydrogen-bond donors (Lipinski definition) is 2. The Hall–Kier alpha value is -1.14. The molecule has 0 aromatic carbocycles. The molecule has 6 heteroatoms. The van der Waals surface area contributed by atoms with E-state index in [1.807, 2.05) is 17.8 Å². The highest BCUT2D eigenvalue weighted by Gasteiger charge is 2.24. The lowest BCUT2D eigenvalue weighted by molar-refractivity contribution is 0.150. The van der Waals surface area contributed by atoms with E-state index in [0.717, 1.165) is 50.9 Å². The third kappa shape index (κ3) is 6.40. The van der Waals surface area contributed by atoms with Gasteiger partial charge in [-0.05, 0) is 63.4 Å². The molecule has 0 bridgehead atoms. The minimum absolute atomic E-state index is 0.238. The number of nitrogens with zero attached hydrogens (tertiary/aromatic N) is 2. The van der Waals surface area contributed by atoms with Crippen LogP contribution in [0.25, 0.3) is 0 Å². The summed E-state index contributed by atoms with van der Waals surface area (Å²) in [6, 6.07) is 4.29. The lowest BCUT2D eigenvalue weighted by Gasteiger charge is -2.32. The van der Waals surface area contributed by atoms with Gasteiger partial charge in [-0.25, -0.2) is 0 Å². The molecule has 2 rings (SSSR count). The first kappa shape index (κ1) is 19.2. The van der Waals surface area contributed by atoms with Gasteiger partial charge in [0, 0.05) is 13.1 Å². The van der Waals surface area contributed by atoms with E-state index in [1.165, 1.54) is 25.0 Å². The van der Waals surface area contributed by atoms with Crippen LogP contribution < -0.4 is 10.6 Å². The molecule has 136 valence electrons. The summed E-state index contributed by atoms with van der Waals surface area (Å²) in [5, 5.41) is 6.78. The van der Waals surface area contributed by atoms with Crippen LogP contribution in [0.5, 0.6) is 0 Å². The predicted octanol–water partition coefficient (Wildman–Crippen LogP) is 3.11. The minimum atomic E-state index is 0.238. The van der Waals surface area contributed by atoms with Crippen molar-refractivity contribution in [3.63, 3.8) is 0 Å². The highest BCUT2D eigenvalue weighted by molar-refractivity contribution is 7.98. The molecule has 0 amide bonds. The second kappa shape index (κ2) is 11.4. The fraction of sp³-hybridized carbons (Fsp3) is 0.722. The summed E-state index contributed by atoms with van der Waals surface area (Å²) in [5.41, 5.74) is 0. The van der Waals surface area contributed by atoms with E-state index in [1.54, 1.807) is 6.26 Å². The van der Waals surface area contributed by atoms with E-state index in [-0.39, 0.29) is 6.04 Å². The van der Waals surface area contributed by atoms with Gasteiger partial charge in [0.1, 0.15) is 5.76 Å². The van der Waals surface area contributed by atoms with E-state index < -0.39 is 0 Å². The zero-order valence-electron chi connectivity index (χ0n) is 15.1. The molecule has 1 aromatic heterocycles. The first-order valence-corrected chi connectivity index (χ1v) is 10.5. The molecule has 1 aliphatic rings. The number of piperidine rings is 1. The number of hydrogen-bond acceptors (Lipinski definition) is 4. The molecule has 1 aliphatic heterocycles. The highest BCUT2D eigenvalue weighted by Crippen LogP contribution is 2.25. The third-order valence-electron chi connectivity index (χ3n) is 4.29. The van der Waals surface area contributed by atoms with Crippen LogP contribution in [0.1, 0.15) is 44.4 Å². The van der Waals surface area contributed by atoms with Gasteiger partial charge in [0.25, 0.3) is 0 Å². The number of aliphatic imine (C=N–C) groups is 1. The second-order valence-corrected chi connectivity index (χ2v) is 7.11. The zero-order chi connectivity index (χ0) is 17.0. The van der Waals surface area contributed by atoms with Gasteiger partial charge in [-0.3, -0.25) is 9.89 Å². The van der Waals surface area contributed by atoms with E-state index in [4.69, 9.17) is 9.41 Å². The highest BCUT2D eigenvalue weighted by atomic mass is 32.2. The van der Waals surface area contributed by atoms with Gasteiger partial charge in [-0.15, -0.1) is 0 Å². The van der Waals surface area contributed by atoms with Crippen molar-refractivity contribution >= 4 is 17.7 Å². The molecule has 2 heterocycles. The normalized spacial score (nSPS) is 17.7. The molecule has 24 heavy (non-hydrogen) atoms. The van der Waals surface area contributed by atoms with Crippen molar-refractivity contribution in [3.8, 4) is 0 Å². The molecular weight excluding hydrogens is 320 g/mol. The Morgan fingerprint density at radius 2 is 2.17 bits per heavy atom. The van der Waals surface area contributed by atoms with Gasteiger partial charge in [0.2, 0.25) is 0 Å². The largest absolute Gasteiger partial charge is 0.468 e. The molecule has 0 saturated carbocycles. The predicted molar refractivity (Wildman–Crippen MR) is 104 cm³/mol. The van der Waals surface area contributed by atoms with Crippen LogP contribution in [-0.2, 0) is 0 Å². The lowest BCUT2D eigenvalue weighted by Crippen LogP contribution is -2.40. The van der Waals surface area contributed by atoms with E-state index in [9.17, 15) is 0 Å². The second-order valence-electron chi connectivity index (χ2n) is 6.12. The maximum absolute atomic E-state index is 5.70. The Kier molecular flexibility index (Phi) is 9.13. The first-order chi connectivity index (χ1) is 11.8. The molecule has 0 aliphatic carbocycles. The number of nitrogens with one attached hydrogen (secondary N) is 2. The minimum Gasteiger partial charge on any atom is -0.468 e. The van der Waals surface area contributed by atoms with E-state index >= 15 is 0 Å². The summed E-state index contributed by atoms with van der Waals surface area (Å²) >= 11 is 1.88. The molecule has 5 nitrogen and oxygen atoms in total. The van der Waals surface area contributed by atoms with Gasteiger partial charge < -0.3 is 15.1 Å². The fourth-order valence-electron chi connectivity index (χ4n) is 3.04.